The topological polar surface area (TPSA) is 56.8 Å². The predicted octanol–water partition coefficient (Wildman–Crippen LogP) is 1.29. The Labute approximate surface area is 134 Å². The Hall–Kier alpha value is -1.22. The first kappa shape index (κ1) is 16.2. The number of carbonyl (C=O) groups excluding carboxylic acids is 1. The van der Waals surface area contributed by atoms with E-state index in [2.05, 4.69) is 27.7 Å². The molecular weight excluding hydrogens is 308 g/mol. The Bertz CT molecular complexity index is 524. The summed E-state index contributed by atoms with van der Waals surface area (Å²) in [7, 11) is 3.48. The molecule has 1 saturated heterocycles. The van der Waals surface area contributed by atoms with Crippen LogP contribution in [0.15, 0.2) is 6.07 Å². The highest BCUT2D eigenvalue weighted by Gasteiger charge is 2.18. The molecular formula is C13H20N4O2S2. The summed E-state index contributed by atoms with van der Waals surface area (Å²) in [4.78, 5) is 15.0. The maximum Gasteiger partial charge on any atom is 0.340 e. The summed E-state index contributed by atoms with van der Waals surface area (Å²) in [6.07, 6.45) is 0. The van der Waals surface area contributed by atoms with Crippen molar-refractivity contribution in [2.75, 3.05) is 45.7 Å². The van der Waals surface area contributed by atoms with Gasteiger partial charge in [0.1, 0.15) is 5.00 Å². The number of esters is 1. The number of thiophene rings is 1. The number of hydrogen-bond acceptors (Lipinski definition) is 6. The summed E-state index contributed by atoms with van der Waals surface area (Å²) in [6.45, 7) is 5.76. The number of thiocarbonyl (C=S) groups is 1. The van der Waals surface area contributed by atoms with Gasteiger partial charge in [-0.1, -0.05) is 0 Å². The molecule has 2 rings (SSSR count). The van der Waals surface area contributed by atoms with E-state index >= 15 is 0 Å². The summed E-state index contributed by atoms with van der Waals surface area (Å²) in [5.41, 5.74) is 3.68. The number of nitrogens with zero attached hydrogens (tertiary/aromatic N) is 2. The second kappa shape index (κ2) is 7.17. The number of rotatable bonds is 3. The molecule has 21 heavy (non-hydrogen) atoms. The normalized spacial score (nSPS) is 16.5. The number of hydrogen-bond donors (Lipinski definition) is 2. The standard InChI is InChI=1S/C13H20N4O2S2/c1-9-8-10(12(18)19-3)11(21-9)14-13(20)15-17-6-4-16(2)5-7-17/h8H,4-7H2,1-3H3,(H2,14,15,20). The van der Waals surface area contributed by atoms with Gasteiger partial charge in [0, 0.05) is 31.1 Å². The van der Waals surface area contributed by atoms with E-state index in [0.717, 1.165) is 31.1 Å². The first-order valence-corrected chi connectivity index (χ1v) is 7.92. The van der Waals surface area contributed by atoms with E-state index in [1.807, 2.05) is 6.92 Å². The van der Waals surface area contributed by atoms with Gasteiger partial charge in [-0.2, -0.15) is 0 Å². The fourth-order valence-corrected chi connectivity index (χ4v) is 3.26. The molecule has 116 valence electrons. The van der Waals surface area contributed by atoms with Crippen LogP contribution in [-0.4, -0.2) is 61.3 Å². The molecule has 2 heterocycles. The minimum absolute atomic E-state index is 0.357. The van der Waals surface area contributed by atoms with Crippen LogP contribution >= 0.6 is 23.6 Å². The molecule has 0 aliphatic carbocycles. The van der Waals surface area contributed by atoms with Crippen molar-refractivity contribution < 1.29 is 9.53 Å². The van der Waals surface area contributed by atoms with Crippen molar-refractivity contribution in [3.05, 3.63) is 16.5 Å². The monoisotopic (exact) mass is 328 g/mol. The number of ether oxygens (including phenoxy) is 1. The summed E-state index contributed by atoms with van der Waals surface area (Å²) in [6, 6.07) is 1.80. The fraction of sp³-hybridized carbons (Fsp3) is 0.538. The van der Waals surface area contributed by atoms with Gasteiger partial charge in [0.25, 0.3) is 0 Å². The predicted molar refractivity (Wildman–Crippen MR) is 88.8 cm³/mol. The lowest BCUT2D eigenvalue weighted by molar-refractivity contribution is 0.0602. The van der Waals surface area contributed by atoms with Gasteiger partial charge in [-0.3, -0.25) is 5.43 Å². The quantitative estimate of drug-likeness (QED) is 0.640. The molecule has 0 aromatic carbocycles. The van der Waals surface area contributed by atoms with Crippen LogP contribution in [0.5, 0.6) is 0 Å². The molecule has 1 aliphatic rings. The lowest BCUT2D eigenvalue weighted by atomic mass is 10.3. The molecule has 1 aromatic rings. The first-order chi connectivity index (χ1) is 9.99. The van der Waals surface area contributed by atoms with Gasteiger partial charge in [-0.05, 0) is 32.3 Å². The maximum atomic E-state index is 11.7. The molecule has 1 aromatic heterocycles. The number of methoxy groups -OCH3 is 1. The molecule has 8 heteroatoms. The minimum atomic E-state index is -0.357. The molecule has 6 nitrogen and oxygen atoms in total. The van der Waals surface area contributed by atoms with Crippen LogP contribution in [0.25, 0.3) is 0 Å². The van der Waals surface area contributed by atoms with Crippen molar-refractivity contribution in [1.82, 2.24) is 15.3 Å². The van der Waals surface area contributed by atoms with E-state index in [9.17, 15) is 4.79 Å². The van der Waals surface area contributed by atoms with Crippen LogP contribution in [0.1, 0.15) is 15.2 Å². The molecule has 0 spiro atoms. The van der Waals surface area contributed by atoms with Crippen LogP contribution < -0.4 is 10.7 Å². The highest BCUT2D eigenvalue weighted by atomic mass is 32.1. The molecule has 1 aliphatic heterocycles. The van der Waals surface area contributed by atoms with E-state index in [4.69, 9.17) is 17.0 Å². The van der Waals surface area contributed by atoms with Crippen LogP contribution in [-0.2, 0) is 4.74 Å². The van der Waals surface area contributed by atoms with Crippen molar-refractivity contribution in [3.8, 4) is 0 Å². The zero-order valence-electron chi connectivity index (χ0n) is 12.4. The van der Waals surface area contributed by atoms with Crippen molar-refractivity contribution in [1.29, 1.82) is 0 Å². The summed E-state index contributed by atoms with van der Waals surface area (Å²) in [5.74, 6) is -0.357. The van der Waals surface area contributed by atoms with Gasteiger partial charge in [-0.15, -0.1) is 11.3 Å². The van der Waals surface area contributed by atoms with Gasteiger partial charge in [0.15, 0.2) is 5.11 Å². The third kappa shape index (κ3) is 4.37. The Balaban J connectivity index is 1.95. The van der Waals surface area contributed by atoms with Gasteiger partial charge in [0.05, 0.1) is 12.7 Å². The van der Waals surface area contributed by atoms with E-state index in [-0.39, 0.29) is 5.97 Å². The van der Waals surface area contributed by atoms with Gasteiger partial charge in [-0.25, -0.2) is 9.80 Å². The van der Waals surface area contributed by atoms with Crippen molar-refractivity contribution in [2.45, 2.75) is 6.92 Å². The third-order valence-corrected chi connectivity index (χ3v) is 4.41. The summed E-state index contributed by atoms with van der Waals surface area (Å²) < 4.78 is 4.78. The van der Waals surface area contributed by atoms with E-state index in [0.29, 0.717) is 15.7 Å². The fourth-order valence-electron chi connectivity index (χ4n) is 2.06. The highest BCUT2D eigenvalue weighted by Crippen LogP contribution is 2.28. The van der Waals surface area contributed by atoms with Gasteiger partial charge in [0.2, 0.25) is 0 Å². The number of likely N-dealkylation sites (N-methyl/N-ethyl adjacent to an activating group) is 1. The second-order valence-electron chi connectivity index (χ2n) is 4.95. The molecule has 0 saturated carbocycles. The van der Waals surface area contributed by atoms with Crippen molar-refractivity contribution in [2.24, 2.45) is 0 Å². The number of aryl methyl sites for hydroxylation is 1. The third-order valence-electron chi connectivity index (χ3n) is 3.25. The van der Waals surface area contributed by atoms with E-state index < -0.39 is 0 Å². The molecule has 0 unspecified atom stereocenters. The molecule has 1 fully saturated rings. The lowest BCUT2D eigenvalue weighted by Crippen LogP contribution is -2.53. The largest absolute Gasteiger partial charge is 0.465 e. The Morgan fingerprint density at radius 3 is 2.67 bits per heavy atom. The average Bonchev–Trinajstić information content (AvgIpc) is 2.81. The zero-order valence-corrected chi connectivity index (χ0v) is 14.1. The van der Waals surface area contributed by atoms with Gasteiger partial charge >= 0.3 is 5.97 Å². The van der Waals surface area contributed by atoms with Crippen LogP contribution in [0.4, 0.5) is 5.00 Å². The second-order valence-corrected chi connectivity index (χ2v) is 6.61. The number of piperazine rings is 1. The molecule has 0 bridgehead atoms. The summed E-state index contributed by atoms with van der Waals surface area (Å²) >= 11 is 6.80. The summed E-state index contributed by atoms with van der Waals surface area (Å²) in [5, 5.41) is 6.37. The minimum Gasteiger partial charge on any atom is -0.465 e. The first-order valence-electron chi connectivity index (χ1n) is 6.69. The molecule has 2 N–H and O–H groups in total. The molecule has 0 amide bonds. The average molecular weight is 328 g/mol. The SMILES string of the molecule is COC(=O)c1cc(C)sc1NC(=S)NN1CCN(C)CC1. The van der Waals surface area contributed by atoms with Crippen molar-refractivity contribution in [3.63, 3.8) is 0 Å². The van der Waals surface area contributed by atoms with Crippen LogP contribution in [0, 0.1) is 6.92 Å². The Morgan fingerprint density at radius 1 is 1.38 bits per heavy atom. The van der Waals surface area contributed by atoms with Crippen LogP contribution in [0.3, 0.4) is 0 Å². The van der Waals surface area contributed by atoms with E-state index in [1.54, 1.807) is 6.07 Å². The lowest BCUT2D eigenvalue weighted by Gasteiger charge is -2.33. The van der Waals surface area contributed by atoms with Crippen molar-refractivity contribution >= 4 is 39.6 Å². The Kier molecular flexibility index (Phi) is 5.51. The zero-order chi connectivity index (χ0) is 15.4. The maximum absolute atomic E-state index is 11.7. The number of nitrogens with one attached hydrogen (secondary N) is 2. The molecule has 0 radical (unpaired) electrons. The number of carbonyl (C=O) groups is 1. The number of anilines is 1. The van der Waals surface area contributed by atoms with Crippen LogP contribution in [0.2, 0.25) is 0 Å². The highest BCUT2D eigenvalue weighted by molar-refractivity contribution is 7.80. The molecule has 0 atom stereocenters. The Morgan fingerprint density at radius 2 is 2.05 bits per heavy atom. The van der Waals surface area contributed by atoms with Gasteiger partial charge < -0.3 is 15.0 Å². The smallest absolute Gasteiger partial charge is 0.340 e. The van der Waals surface area contributed by atoms with E-state index in [1.165, 1.54) is 18.4 Å². The number of hydrazine groups is 1.